The number of imide groups is 2. The van der Waals surface area contributed by atoms with Crippen molar-refractivity contribution in [3.05, 3.63) is 35.6 Å². The zero-order chi connectivity index (χ0) is 20.3. The Bertz CT molecular complexity index is 774. The van der Waals surface area contributed by atoms with Crippen LogP contribution in [0.4, 0.5) is 9.18 Å². The van der Waals surface area contributed by atoms with Crippen LogP contribution in [0.2, 0.25) is 0 Å². The second-order valence-electron chi connectivity index (χ2n) is 7.16. The number of hydrogen-bond acceptors (Lipinski definition) is 4. The summed E-state index contributed by atoms with van der Waals surface area (Å²) in [4.78, 5) is 52.5. The second-order valence-corrected chi connectivity index (χ2v) is 7.16. The van der Waals surface area contributed by atoms with Gasteiger partial charge in [-0.1, -0.05) is 31.4 Å². The minimum Gasteiger partial charge on any atom is -0.334 e. The van der Waals surface area contributed by atoms with E-state index in [-0.39, 0.29) is 30.9 Å². The minimum absolute atomic E-state index is 0.00269. The maximum absolute atomic E-state index is 13.2. The van der Waals surface area contributed by atoms with Gasteiger partial charge in [-0.25, -0.2) is 14.1 Å². The summed E-state index contributed by atoms with van der Waals surface area (Å²) in [5, 5.41) is 0. The van der Waals surface area contributed by atoms with E-state index in [0.717, 1.165) is 42.6 Å². The molecule has 8 heteroatoms. The molecular weight excluding hydrogens is 365 g/mol. The highest BCUT2D eigenvalue weighted by atomic mass is 19.1. The van der Waals surface area contributed by atoms with E-state index in [2.05, 4.69) is 0 Å². The van der Waals surface area contributed by atoms with Gasteiger partial charge in [0.1, 0.15) is 12.4 Å². The van der Waals surface area contributed by atoms with Crippen LogP contribution in [0, 0.1) is 5.82 Å². The van der Waals surface area contributed by atoms with Crippen LogP contribution in [-0.2, 0) is 20.9 Å². The first-order valence-corrected chi connectivity index (χ1v) is 9.63. The van der Waals surface area contributed by atoms with Gasteiger partial charge in [0.25, 0.3) is 0 Å². The van der Waals surface area contributed by atoms with E-state index < -0.39 is 24.4 Å². The minimum atomic E-state index is -0.967. The Balaban J connectivity index is 1.78. The summed E-state index contributed by atoms with van der Waals surface area (Å²) in [5.74, 6) is -2.61. The fourth-order valence-electron chi connectivity index (χ4n) is 3.79. The fraction of sp³-hybridized carbons (Fsp3) is 0.500. The summed E-state index contributed by atoms with van der Waals surface area (Å²) in [6.07, 6.45) is 4.80. The van der Waals surface area contributed by atoms with Crippen molar-refractivity contribution in [2.24, 2.45) is 0 Å². The number of carbonyl (C=O) groups is 4. The molecule has 1 aliphatic carbocycles. The van der Waals surface area contributed by atoms with E-state index in [9.17, 15) is 23.6 Å². The van der Waals surface area contributed by atoms with Crippen molar-refractivity contribution in [3.63, 3.8) is 0 Å². The monoisotopic (exact) mass is 389 g/mol. The number of carbonyl (C=O) groups excluding carboxylic acids is 4. The molecule has 1 saturated carbocycles. The van der Waals surface area contributed by atoms with Crippen LogP contribution >= 0.6 is 0 Å². The Morgan fingerprint density at radius 2 is 1.64 bits per heavy atom. The van der Waals surface area contributed by atoms with E-state index in [0.29, 0.717) is 4.90 Å². The molecule has 7 nitrogen and oxygen atoms in total. The highest BCUT2D eigenvalue weighted by molar-refractivity contribution is 6.45. The molecule has 5 amide bonds. The molecule has 0 atom stereocenters. The van der Waals surface area contributed by atoms with Crippen molar-refractivity contribution in [3.8, 4) is 0 Å². The first-order chi connectivity index (χ1) is 13.4. The third kappa shape index (κ3) is 4.05. The van der Waals surface area contributed by atoms with Crippen molar-refractivity contribution < 1.29 is 23.6 Å². The van der Waals surface area contributed by atoms with Gasteiger partial charge in [0.15, 0.2) is 0 Å². The van der Waals surface area contributed by atoms with E-state index in [1.807, 2.05) is 0 Å². The lowest BCUT2D eigenvalue weighted by atomic mass is 9.93. The lowest BCUT2D eigenvalue weighted by Crippen LogP contribution is -2.47. The van der Waals surface area contributed by atoms with Gasteiger partial charge in [0, 0.05) is 19.1 Å². The number of hydrogen-bond donors (Lipinski definition) is 0. The molecule has 150 valence electrons. The molecule has 1 aliphatic heterocycles. The summed E-state index contributed by atoms with van der Waals surface area (Å²) in [5.41, 5.74) is 0.769. The first kappa shape index (κ1) is 20.0. The van der Waals surface area contributed by atoms with E-state index >= 15 is 0 Å². The van der Waals surface area contributed by atoms with Gasteiger partial charge in [-0.2, -0.15) is 0 Å². The van der Waals surface area contributed by atoms with E-state index in [1.165, 1.54) is 12.1 Å². The molecule has 1 saturated heterocycles. The Labute approximate surface area is 163 Å². The van der Waals surface area contributed by atoms with Gasteiger partial charge >= 0.3 is 17.8 Å². The summed E-state index contributed by atoms with van der Waals surface area (Å²) < 4.78 is 13.2. The Hall–Kier alpha value is -2.77. The van der Waals surface area contributed by atoms with Crippen LogP contribution in [0.25, 0.3) is 0 Å². The normalized spacial score (nSPS) is 18.1. The number of urea groups is 1. The third-order valence-corrected chi connectivity index (χ3v) is 5.35. The highest BCUT2D eigenvalue weighted by Gasteiger charge is 2.45. The Morgan fingerprint density at radius 1 is 1.04 bits per heavy atom. The average molecular weight is 389 g/mol. The predicted molar refractivity (Wildman–Crippen MR) is 98.3 cm³/mol. The summed E-state index contributed by atoms with van der Waals surface area (Å²) in [6.45, 7) is 1.48. The molecule has 0 spiro atoms. The average Bonchev–Trinajstić information content (AvgIpc) is 2.91. The van der Waals surface area contributed by atoms with Crippen LogP contribution in [0.5, 0.6) is 0 Å². The summed E-state index contributed by atoms with van der Waals surface area (Å²) in [7, 11) is 0. The van der Waals surface area contributed by atoms with Gasteiger partial charge in [-0.15, -0.1) is 0 Å². The van der Waals surface area contributed by atoms with Crippen molar-refractivity contribution in [2.75, 3.05) is 13.1 Å². The van der Waals surface area contributed by atoms with Gasteiger partial charge in [-0.3, -0.25) is 19.3 Å². The Morgan fingerprint density at radius 3 is 2.21 bits per heavy atom. The molecule has 2 fully saturated rings. The topological polar surface area (TPSA) is 78.0 Å². The molecule has 0 unspecified atom stereocenters. The van der Waals surface area contributed by atoms with Crippen molar-refractivity contribution in [1.29, 1.82) is 0 Å². The van der Waals surface area contributed by atoms with Crippen LogP contribution < -0.4 is 0 Å². The SMILES string of the molecule is CCN1C(=O)C(=O)N(CC(=O)N(Cc2ccc(F)cc2)C2CCCCC2)C1=O. The predicted octanol–water partition coefficient (Wildman–Crippen LogP) is 2.30. The lowest BCUT2D eigenvalue weighted by Gasteiger charge is -2.35. The molecule has 1 aromatic rings. The van der Waals surface area contributed by atoms with Gasteiger partial charge in [0.2, 0.25) is 5.91 Å². The first-order valence-electron chi connectivity index (χ1n) is 9.63. The summed E-state index contributed by atoms with van der Waals surface area (Å²) >= 11 is 0. The van der Waals surface area contributed by atoms with Gasteiger partial charge < -0.3 is 4.90 Å². The number of rotatable bonds is 6. The number of halogens is 1. The molecule has 0 aromatic heterocycles. The molecule has 3 rings (SSSR count). The highest BCUT2D eigenvalue weighted by Crippen LogP contribution is 2.25. The van der Waals surface area contributed by atoms with Gasteiger partial charge in [-0.05, 0) is 37.5 Å². The van der Waals surface area contributed by atoms with Crippen LogP contribution in [0.3, 0.4) is 0 Å². The number of amides is 5. The molecular formula is C20H24FN3O4. The maximum Gasteiger partial charge on any atom is 0.334 e. The third-order valence-electron chi connectivity index (χ3n) is 5.35. The quantitative estimate of drug-likeness (QED) is 0.553. The number of benzene rings is 1. The maximum atomic E-state index is 13.2. The summed E-state index contributed by atoms with van der Waals surface area (Å²) in [6, 6.07) is 5.15. The van der Waals surface area contributed by atoms with E-state index in [1.54, 1.807) is 24.0 Å². The molecule has 0 bridgehead atoms. The van der Waals surface area contributed by atoms with Crippen LogP contribution in [0.1, 0.15) is 44.6 Å². The zero-order valence-electron chi connectivity index (χ0n) is 15.9. The lowest BCUT2D eigenvalue weighted by molar-refractivity contribution is -0.145. The molecule has 0 radical (unpaired) electrons. The smallest absolute Gasteiger partial charge is 0.334 e. The fourth-order valence-corrected chi connectivity index (χ4v) is 3.79. The second kappa shape index (κ2) is 8.50. The van der Waals surface area contributed by atoms with E-state index in [4.69, 9.17) is 0 Å². The van der Waals surface area contributed by atoms with Crippen LogP contribution in [0.15, 0.2) is 24.3 Å². The molecule has 1 aromatic carbocycles. The largest absolute Gasteiger partial charge is 0.334 e. The molecule has 28 heavy (non-hydrogen) atoms. The zero-order valence-corrected chi connectivity index (χ0v) is 15.9. The van der Waals surface area contributed by atoms with Crippen molar-refractivity contribution >= 4 is 23.8 Å². The van der Waals surface area contributed by atoms with Crippen molar-refractivity contribution in [2.45, 2.75) is 51.6 Å². The number of likely N-dealkylation sites (N-methyl/N-ethyl adjacent to an activating group) is 1. The molecule has 1 heterocycles. The Kier molecular flexibility index (Phi) is 6.06. The standard InChI is InChI=1S/C20H24FN3O4/c1-2-22-18(26)19(27)24(20(22)28)13-17(25)23(16-6-4-3-5-7-16)12-14-8-10-15(21)11-9-14/h8-11,16H,2-7,12-13H2,1H3. The molecule has 2 aliphatic rings. The number of nitrogens with zero attached hydrogens (tertiary/aromatic N) is 3. The van der Waals surface area contributed by atoms with Gasteiger partial charge in [0.05, 0.1) is 0 Å². The van der Waals surface area contributed by atoms with Crippen molar-refractivity contribution in [1.82, 2.24) is 14.7 Å². The molecule has 0 N–H and O–H groups in total. The van der Waals surface area contributed by atoms with Crippen LogP contribution in [-0.4, -0.2) is 57.6 Å².